The minimum absolute atomic E-state index is 0.197. The van der Waals surface area contributed by atoms with Crippen LogP contribution in [0.1, 0.15) is 24.1 Å². The first kappa shape index (κ1) is 28.6. The van der Waals surface area contributed by atoms with E-state index in [1.807, 2.05) is 6.92 Å². The van der Waals surface area contributed by atoms with Crippen molar-refractivity contribution in [2.24, 2.45) is 10.1 Å². The SMILES string of the molecule is CC(N=c1scc(-c2cc(-c3ccc(F)cc3)no2)n1/N=C/c1cc2c(cc1[N+](=O)[O-])OCCO2)c1ccc(Cl)cc1Cl. The Bertz CT molecular complexity index is 1940. The van der Waals surface area contributed by atoms with Crippen LogP contribution in [-0.2, 0) is 0 Å². The van der Waals surface area contributed by atoms with Gasteiger partial charge in [0.2, 0.25) is 4.80 Å². The molecular weight excluding hydrogens is 620 g/mol. The van der Waals surface area contributed by atoms with Crippen LogP contribution in [0.15, 0.2) is 80.7 Å². The van der Waals surface area contributed by atoms with E-state index in [1.54, 1.807) is 41.8 Å². The average molecular weight is 640 g/mol. The maximum atomic E-state index is 13.5. The first-order chi connectivity index (χ1) is 20.8. The number of hydrogen-bond donors (Lipinski definition) is 0. The molecule has 1 aliphatic rings. The summed E-state index contributed by atoms with van der Waals surface area (Å²) in [6, 6.07) is 15.1. The molecule has 3 heterocycles. The van der Waals surface area contributed by atoms with Crippen LogP contribution in [0.5, 0.6) is 11.5 Å². The average Bonchev–Trinajstić information content (AvgIpc) is 3.63. The summed E-state index contributed by atoms with van der Waals surface area (Å²) in [6.07, 6.45) is 1.35. The number of thiazole rings is 1. The van der Waals surface area contributed by atoms with E-state index in [1.165, 1.54) is 46.5 Å². The van der Waals surface area contributed by atoms with Crippen LogP contribution in [0, 0.1) is 15.9 Å². The lowest BCUT2D eigenvalue weighted by Gasteiger charge is -2.18. The molecule has 0 amide bonds. The highest BCUT2D eigenvalue weighted by atomic mass is 35.5. The maximum absolute atomic E-state index is 13.5. The lowest BCUT2D eigenvalue weighted by Crippen LogP contribution is -2.16. The fraction of sp³-hybridized carbons (Fsp3) is 0.138. The van der Waals surface area contributed by atoms with Crippen LogP contribution in [0.2, 0.25) is 10.0 Å². The van der Waals surface area contributed by atoms with Crippen molar-refractivity contribution < 1.29 is 23.3 Å². The van der Waals surface area contributed by atoms with Crippen LogP contribution in [0.25, 0.3) is 22.7 Å². The summed E-state index contributed by atoms with van der Waals surface area (Å²) in [6.45, 7) is 2.49. The molecule has 1 atom stereocenters. The van der Waals surface area contributed by atoms with Crippen molar-refractivity contribution in [3.63, 3.8) is 0 Å². The minimum Gasteiger partial charge on any atom is -0.486 e. The highest BCUT2D eigenvalue weighted by molar-refractivity contribution is 7.07. The predicted molar refractivity (Wildman–Crippen MR) is 161 cm³/mol. The summed E-state index contributed by atoms with van der Waals surface area (Å²) in [5.41, 5.74) is 2.36. The van der Waals surface area contributed by atoms with E-state index in [0.717, 1.165) is 5.56 Å². The first-order valence-electron chi connectivity index (χ1n) is 12.8. The third kappa shape index (κ3) is 6.03. The molecule has 0 bridgehead atoms. The van der Waals surface area contributed by atoms with Gasteiger partial charge in [-0.15, -0.1) is 11.3 Å². The molecule has 0 N–H and O–H groups in total. The molecule has 6 rings (SSSR count). The van der Waals surface area contributed by atoms with Crippen molar-refractivity contribution in [1.82, 2.24) is 9.83 Å². The fourth-order valence-electron chi connectivity index (χ4n) is 4.37. The van der Waals surface area contributed by atoms with Crippen molar-refractivity contribution in [3.05, 3.63) is 108 Å². The van der Waals surface area contributed by atoms with Gasteiger partial charge in [-0.05, 0) is 55.0 Å². The second-order valence-corrected chi connectivity index (χ2v) is 11.0. The van der Waals surface area contributed by atoms with Gasteiger partial charge in [0, 0.05) is 27.1 Å². The molecule has 10 nitrogen and oxygen atoms in total. The summed E-state index contributed by atoms with van der Waals surface area (Å²) in [5, 5.41) is 23.4. The normalized spacial score (nSPS) is 13.9. The van der Waals surface area contributed by atoms with Gasteiger partial charge in [0.15, 0.2) is 17.3 Å². The van der Waals surface area contributed by atoms with E-state index < -0.39 is 11.0 Å². The number of hydrogen-bond acceptors (Lipinski definition) is 9. The number of halogens is 3. The van der Waals surface area contributed by atoms with Crippen molar-refractivity contribution in [2.45, 2.75) is 13.0 Å². The van der Waals surface area contributed by atoms with E-state index >= 15 is 0 Å². The van der Waals surface area contributed by atoms with E-state index in [2.05, 4.69) is 10.3 Å². The van der Waals surface area contributed by atoms with Crippen molar-refractivity contribution >= 4 is 46.4 Å². The number of nitro benzene ring substituents is 1. The highest BCUT2D eigenvalue weighted by Crippen LogP contribution is 2.36. The standard InChI is InChI=1S/C29H20Cl2FN5O5S/c1-16(21-7-4-19(30)11-22(21)31)34-29-36(33-14-18-10-27-28(41-9-8-40-27)13-24(18)37(38)39)25(15-43-29)26-12-23(35-42-26)17-2-5-20(32)6-3-17/h2-7,10-16H,8-9H2,1H3/b33-14+,34-29?. The number of nitro groups is 1. The van der Waals surface area contributed by atoms with E-state index in [0.29, 0.717) is 62.3 Å². The molecule has 0 radical (unpaired) electrons. The van der Waals surface area contributed by atoms with Gasteiger partial charge >= 0.3 is 0 Å². The number of aromatic nitrogens is 2. The Morgan fingerprint density at radius 2 is 1.84 bits per heavy atom. The van der Waals surface area contributed by atoms with Gasteiger partial charge in [0.1, 0.15) is 30.4 Å². The summed E-state index contributed by atoms with van der Waals surface area (Å²) in [4.78, 5) is 16.7. The Labute approximate surface area is 257 Å². The molecule has 3 aromatic carbocycles. The third-order valence-corrected chi connectivity index (χ3v) is 7.90. The monoisotopic (exact) mass is 639 g/mol. The van der Waals surface area contributed by atoms with Gasteiger partial charge in [-0.2, -0.15) is 5.10 Å². The summed E-state index contributed by atoms with van der Waals surface area (Å²) < 4.78 is 31.7. The molecule has 0 saturated carbocycles. The summed E-state index contributed by atoms with van der Waals surface area (Å²) >= 11 is 13.8. The molecule has 0 aliphatic carbocycles. The van der Waals surface area contributed by atoms with Crippen molar-refractivity contribution in [2.75, 3.05) is 13.2 Å². The zero-order chi connectivity index (χ0) is 30.1. The number of benzene rings is 3. The lowest BCUT2D eigenvalue weighted by atomic mass is 10.1. The number of ether oxygens (including phenoxy) is 2. The summed E-state index contributed by atoms with van der Waals surface area (Å²) in [7, 11) is 0. The Hall–Kier alpha value is -4.52. The minimum atomic E-state index is -0.514. The van der Waals surface area contributed by atoms with Gasteiger partial charge in [-0.3, -0.25) is 10.1 Å². The van der Waals surface area contributed by atoms with E-state index in [-0.39, 0.29) is 17.1 Å². The first-order valence-corrected chi connectivity index (χ1v) is 14.4. The molecule has 0 fully saturated rings. The second kappa shape index (κ2) is 12.0. The number of rotatable bonds is 7. The van der Waals surface area contributed by atoms with Gasteiger partial charge in [-0.25, -0.2) is 14.1 Å². The smallest absolute Gasteiger partial charge is 0.282 e. The van der Waals surface area contributed by atoms with Crippen LogP contribution in [0.4, 0.5) is 10.1 Å². The molecule has 1 unspecified atom stereocenters. The van der Waals surface area contributed by atoms with Crippen LogP contribution in [-0.4, -0.2) is 34.2 Å². The topological polar surface area (TPSA) is 117 Å². The molecule has 5 aromatic rings. The molecule has 218 valence electrons. The molecule has 0 saturated heterocycles. The van der Waals surface area contributed by atoms with Crippen LogP contribution in [0.3, 0.4) is 0 Å². The molecular formula is C29H20Cl2FN5O5S. The van der Waals surface area contributed by atoms with Crippen LogP contribution < -0.4 is 14.3 Å². The molecule has 0 spiro atoms. The molecule has 2 aromatic heterocycles. The lowest BCUT2D eigenvalue weighted by molar-refractivity contribution is -0.385. The molecule has 1 aliphatic heterocycles. The Morgan fingerprint density at radius 1 is 1.09 bits per heavy atom. The quantitative estimate of drug-likeness (QED) is 0.103. The predicted octanol–water partition coefficient (Wildman–Crippen LogP) is 7.54. The zero-order valence-electron chi connectivity index (χ0n) is 22.2. The Morgan fingerprint density at radius 3 is 2.56 bits per heavy atom. The van der Waals surface area contributed by atoms with E-state index in [4.69, 9.17) is 42.2 Å². The fourth-order valence-corrected chi connectivity index (χ4v) is 5.84. The van der Waals surface area contributed by atoms with Crippen molar-refractivity contribution in [3.8, 4) is 34.2 Å². The largest absolute Gasteiger partial charge is 0.486 e. The molecule has 43 heavy (non-hydrogen) atoms. The van der Waals surface area contributed by atoms with Gasteiger partial charge in [0.25, 0.3) is 5.69 Å². The third-order valence-electron chi connectivity index (χ3n) is 6.51. The second-order valence-electron chi connectivity index (χ2n) is 9.33. The van der Waals surface area contributed by atoms with Gasteiger partial charge in [-0.1, -0.05) is 34.4 Å². The maximum Gasteiger partial charge on any atom is 0.282 e. The highest BCUT2D eigenvalue weighted by Gasteiger charge is 2.22. The Kier molecular flexibility index (Phi) is 7.98. The van der Waals surface area contributed by atoms with Gasteiger partial charge < -0.3 is 14.0 Å². The number of nitrogens with zero attached hydrogens (tertiary/aromatic N) is 5. The van der Waals surface area contributed by atoms with E-state index in [9.17, 15) is 14.5 Å². The van der Waals surface area contributed by atoms with Crippen molar-refractivity contribution in [1.29, 1.82) is 0 Å². The summed E-state index contributed by atoms with van der Waals surface area (Å²) in [5.74, 6) is 0.650. The van der Waals surface area contributed by atoms with Gasteiger partial charge in [0.05, 0.1) is 28.8 Å². The van der Waals surface area contributed by atoms with Crippen LogP contribution >= 0.6 is 34.5 Å². The zero-order valence-corrected chi connectivity index (χ0v) is 24.6. The number of fused-ring (bicyclic) bond motifs is 1. The Balaban J connectivity index is 1.46. The molecule has 14 heteroatoms.